The van der Waals surface area contributed by atoms with Gasteiger partial charge in [0.15, 0.2) is 0 Å². The van der Waals surface area contributed by atoms with Crippen LogP contribution < -0.4 is 0 Å². The van der Waals surface area contributed by atoms with E-state index in [0.29, 0.717) is 6.42 Å². The Morgan fingerprint density at radius 2 is 1.76 bits per heavy atom. The Labute approximate surface area is 108 Å². The molecule has 96 valence electrons. The Kier molecular flexibility index (Phi) is 8.80. The van der Waals surface area contributed by atoms with E-state index in [1.165, 1.54) is 19.3 Å². The minimum atomic E-state index is -1.16. The predicted octanol–water partition coefficient (Wildman–Crippen LogP) is 4.35. The molecular formula is C15H26OSi. The summed E-state index contributed by atoms with van der Waals surface area (Å²) in [7, 11) is -1.16. The molecule has 0 heterocycles. The molecule has 2 heteroatoms. The second kappa shape index (κ2) is 9.24. The molecule has 0 amide bonds. The summed E-state index contributed by atoms with van der Waals surface area (Å²) < 4.78 is 0. The normalized spacial score (nSPS) is 11.3. The van der Waals surface area contributed by atoms with Crippen molar-refractivity contribution in [1.29, 1.82) is 0 Å². The summed E-state index contributed by atoms with van der Waals surface area (Å²) in [6, 6.07) is 0. The first-order valence-electron chi connectivity index (χ1n) is 6.68. The van der Waals surface area contributed by atoms with Gasteiger partial charge in [-0.15, -0.1) is 0 Å². The number of allylic oxidation sites excluding steroid dienone is 1. The van der Waals surface area contributed by atoms with E-state index in [0.717, 1.165) is 12.8 Å². The summed E-state index contributed by atoms with van der Waals surface area (Å²) in [6.07, 6.45) is 8.39. The third-order valence-corrected chi connectivity index (χ3v) is 3.55. The quantitative estimate of drug-likeness (QED) is 0.284. The molecule has 0 aliphatic rings. The van der Waals surface area contributed by atoms with E-state index in [1.807, 2.05) is 6.08 Å². The Hall–Kier alpha value is -0.813. The zero-order valence-corrected chi connectivity index (χ0v) is 12.8. The van der Waals surface area contributed by atoms with Crippen LogP contribution in [0.15, 0.2) is 11.8 Å². The Bertz CT molecular complexity index is 299. The summed E-state index contributed by atoms with van der Waals surface area (Å²) >= 11 is 0. The van der Waals surface area contributed by atoms with Crippen LogP contribution in [0.5, 0.6) is 0 Å². The fourth-order valence-electron chi connectivity index (χ4n) is 1.37. The van der Waals surface area contributed by atoms with Crippen LogP contribution in [0.3, 0.4) is 0 Å². The Morgan fingerprint density at radius 1 is 1.12 bits per heavy atom. The van der Waals surface area contributed by atoms with Gasteiger partial charge >= 0.3 is 0 Å². The van der Waals surface area contributed by atoms with Crippen LogP contribution in [-0.2, 0) is 4.79 Å². The third-order valence-electron chi connectivity index (χ3n) is 2.39. The monoisotopic (exact) mass is 250 g/mol. The van der Waals surface area contributed by atoms with Crippen molar-refractivity contribution >= 4 is 13.9 Å². The SMILES string of the molecule is CCCCCCCC(=O)C#C/C=C/[Si](C)(C)C. The number of Topliss-reactive ketones (excluding diaryl/α,β-unsaturated/α-hetero) is 1. The van der Waals surface area contributed by atoms with Crippen molar-refractivity contribution in [3.8, 4) is 11.8 Å². The van der Waals surface area contributed by atoms with E-state index in [4.69, 9.17) is 0 Å². The zero-order chi connectivity index (χ0) is 13.1. The van der Waals surface area contributed by atoms with Crippen LogP contribution in [0.4, 0.5) is 0 Å². The lowest BCUT2D eigenvalue weighted by Gasteiger charge is -2.05. The van der Waals surface area contributed by atoms with Crippen molar-refractivity contribution in [2.75, 3.05) is 0 Å². The predicted molar refractivity (Wildman–Crippen MR) is 78.6 cm³/mol. The fourth-order valence-corrected chi connectivity index (χ4v) is 1.95. The van der Waals surface area contributed by atoms with E-state index >= 15 is 0 Å². The van der Waals surface area contributed by atoms with Gasteiger partial charge in [0.25, 0.3) is 0 Å². The first-order valence-corrected chi connectivity index (χ1v) is 10.3. The van der Waals surface area contributed by atoms with Crippen LogP contribution in [-0.4, -0.2) is 13.9 Å². The molecule has 0 aromatic heterocycles. The molecule has 0 aromatic rings. The number of unbranched alkanes of at least 4 members (excludes halogenated alkanes) is 4. The van der Waals surface area contributed by atoms with Crippen molar-refractivity contribution in [3.05, 3.63) is 11.8 Å². The largest absolute Gasteiger partial charge is 0.285 e. The molecule has 0 spiro atoms. The topological polar surface area (TPSA) is 17.1 Å². The first-order chi connectivity index (χ1) is 7.95. The van der Waals surface area contributed by atoms with Gasteiger partial charge in [0.2, 0.25) is 5.78 Å². The number of carbonyl (C=O) groups is 1. The summed E-state index contributed by atoms with van der Waals surface area (Å²) in [4.78, 5) is 11.4. The average Bonchev–Trinajstić information content (AvgIpc) is 2.23. The van der Waals surface area contributed by atoms with Crippen LogP contribution in [0.1, 0.15) is 45.4 Å². The lowest BCUT2D eigenvalue weighted by molar-refractivity contribution is -0.113. The first kappa shape index (κ1) is 16.2. The van der Waals surface area contributed by atoms with Crippen molar-refractivity contribution in [2.45, 2.75) is 65.1 Å². The standard InChI is InChI=1S/C15H26OSi/c1-5-6-7-8-9-12-15(16)13-10-11-14-17(2,3)4/h11,14H,5-9,12H2,1-4H3/b14-11+. The minimum absolute atomic E-state index is 0.0849. The van der Waals surface area contributed by atoms with Crippen LogP contribution in [0, 0.1) is 11.8 Å². The van der Waals surface area contributed by atoms with Crippen LogP contribution in [0.2, 0.25) is 19.6 Å². The molecule has 0 aliphatic heterocycles. The maximum atomic E-state index is 11.4. The van der Waals surface area contributed by atoms with E-state index in [1.54, 1.807) is 0 Å². The van der Waals surface area contributed by atoms with E-state index in [-0.39, 0.29) is 5.78 Å². The smallest absolute Gasteiger partial charge is 0.205 e. The van der Waals surface area contributed by atoms with Gasteiger partial charge in [0.05, 0.1) is 8.07 Å². The number of ketones is 1. The highest BCUT2D eigenvalue weighted by Crippen LogP contribution is 2.05. The van der Waals surface area contributed by atoms with Gasteiger partial charge in [-0.2, -0.15) is 0 Å². The van der Waals surface area contributed by atoms with Crippen LogP contribution >= 0.6 is 0 Å². The number of hydrogen-bond donors (Lipinski definition) is 0. The van der Waals surface area contributed by atoms with Gasteiger partial charge in [0.1, 0.15) is 0 Å². The molecule has 0 aliphatic carbocycles. The molecule has 0 bridgehead atoms. The molecular weight excluding hydrogens is 224 g/mol. The summed E-state index contributed by atoms with van der Waals surface area (Å²) in [5, 5.41) is 0. The van der Waals surface area contributed by atoms with Crippen molar-refractivity contribution < 1.29 is 4.79 Å². The van der Waals surface area contributed by atoms with Crippen molar-refractivity contribution in [2.24, 2.45) is 0 Å². The maximum Gasteiger partial charge on any atom is 0.205 e. The molecule has 0 unspecified atom stereocenters. The molecule has 0 rings (SSSR count). The number of hydrogen-bond acceptors (Lipinski definition) is 1. The minimum Gasteiger partial charge on any atom is -0.285 e. The fraction of sp³-hybridized carbons (Fsp3) is 0.667. The lowest BCUT2D eigenvalue weighted by atomic mass is 10.1. The van der Waals surface area contributed by atoms with Gasteiger partial charge in [-0.3, -0.25) is 4.79 Å². The molecule has 0 saturated heterocycles. The molecule has 0 atom stereocenters. The van der Waals surface area contributed by atoms with E-state index < -0.39 is 8.07 Å². The zero-order valence-electron chi connectivity index (χ0n) is 11.8. The van der Waals surface area contributed by atoms with Crippen molar-refractivity contribution in [3.63, 3.8) is 0 Å². The average molecular weight is 250 g/mol. The van der Waals surface area contributed by atoms with E-state index in [2.05, 4.69) is 44.1 Å². The summed E-state index contributed by atoms with van der Waals surface area (Å²) in [5.41, 5.74) is 2.16. The molecule has 0 radical (unpaired) electrons. The molecule has 1 nitrogen and oxygen atoms in total. The molecule has 0 aromatic carbocycles. The molecule has 0 fully saturated rings. The summed E-state index contributed by atoms with van der Waals surface area (Å²) in [6.45, 7) is 8.95. The highest BCUT2D eigenvalue weighted by atomic mass is 28.3. The van der Waals surface area contributed by atoms with Gasteiger partial charge in [-0.1, -0.05) is 63.9 Å². The molecule has 0 N–H and O–H groups in total. The highest BCUT2D eigenvalue weighted by molar-refractivity contribution is 6.81. The Balaban J connectivity index is 3.72. The van der Waals surface area contributed by atoms with Gasteiger partial charge < -0.3 is 0 Å². The lowest BCUT2D eigenvalue weighted by Crippen LogP contribution is -2.15. The second-order valence-electron chi connectivity index (χ2n) is 5.56. The third kappa shape index (κ3) is 13.1. The number of rotatable bonds is 7. The maximum absolute atomic E-state index is 11.4. The van der Waals surface area contributed by atoms with Gasteiger partial charge in [-0.05, 0) is 18.4 Å². The van der Waals surface area contributed by atoms with E-state index in [9.17, 15) is 4.79 Å². The molecule has 17 heavy (non-hydrogen) atoms. The Morgan fingerprint density at radius 3 is 2.35 bits per heavy atom. The van der Waals surface area contributed by atoms with Gasteiger partial charge in [0, 0.05) is 6.42 Å². The van der Waals surface area contributed by atoms with Crippen LogP contribution in [0.25, 0.3) is 0 Å². The van der Waals surface area contributed by atoms with Gasteiger partial charge in [-0.25, -0.2) is 0 Å². The van der Waals surface area contributed by atoms with Crippen molar-refractivity contribution in [1.82, 2.24) is 0 Å². The number of carbonyl (C=O) groups excluding carboxylic acids is 1. The molecule has 0 saturated carbocycles. The highest BCUT2D eigenvalue weighted by Gasteiger charge is 2.05. The summed E-state index contributed by atoms with van der Waals surface area (Å²) in [5.74, 6) is 5.63. The second-order valence-corrected chi connectivity index (χ2v) is 10.6.